The summed E-state index contributed by atoms with van der Waals surface area (Å²) in [6, 6.07) is 6.50. The Morgan fingerprint density at radius 1 is 1.18 bits per heavy atom. The largest absolute Gasteiger partial charge is 0.476 e. The van der Waals surface area contributed by atoms with E-state index in [0.717, 1.165) is 26.7 Å². The van der Waals surface area contributed by atoms with Gasteiger partial charge in [-0.25, -0.2) is 19.7 Å². The van der Waals surface area contributed by atoms with Crippen molar-refractivity contribution < 1.29 is 9.90 Å². The molecule has 4 rings (SSSR count). The van der Waals surface area contributed by atoms with E-state index in [-0.39, 0.29) is 22.4 Å². The number of carboxylic acids is 1. The highest BCUT2D eigenvalue weighted by molar-refractivity contribution is 7.15. The van der Waals surface area contributed by atoms with Gasteiger partial charge in [-0.2, -0.15) is 0 Å². The van der Waals surface area contributed by atoms with Crippen molar-refractivity contribution >= 4 is 45.5 Å². The minimum Gasteiger partial charge on any atom is -0.476 e. The van der Waals surface area contributed by atoms with E-state index in [0.29, 0.717) is 22.4 Å². The van der Waals surface area contributed by atoms with Crippen molar-refractivity contribution in [2.24, 2.45) is 7.05 Å². The zero-order valence-electron chi connectivity index (χ0n) is 18.7. The molecule has 170 valence electrons. The van der Waals surface area contributed by atoms with E-state index in [9.17, 15) is 14.7 Å². The third-order valence-corrected chi connectivity index (χ3v) is 6.64. The van der Waals surface area contributed by atoms with E-state index in [2.05, 4.69) is 15.3 Å². The van der Waals surface area contributed by atoms with Crippen LogP contribution in [0.2, 0.25) is 5.15 Å². The number of aromatic nitrogens is 4. The molecule has 1 atom stereocenters. The van der Waals surface area contributed by atoms with Crippen LogP contribution in [0, 0.1) is 20.8 Å². The molecule has 0 bridgehead atoms. The highest BCUT2D eigenvalue weighted by Gasteiger charge is 2.21. The van der Waals surface area contributed by atoms with E-state index in [1.807, 2.05) is 39.8 Å². The van der Waals surface area contributed by atoms with Crippen molar-refractivity contribution in [3.8, 4) is 10.7 Å². The number of aryl methyl sites for hydroxylation is 3. The number of rotatable bonds is 5. The van der Waals surface area contributed by atoms with Crippen LogP contribution >= 0.6 is 22.9 Å². The van der Waals surface area contributed by atoms with Gasteiger partial charge < -0.3 is 10.4 Å². The van der Waals surface area contributed by atoms with E-state index < -0.39 is 5.97 Å². The lowest BCUT2D eigenvalue weighted by Gasteiger charge is -2.20. The van der Waals surface area contributed by atoms with Gasteiger partial charge in [-0.15, -0.1) is 11.3 Å². The first-order valence-electron chi connectivity index (χ1n) is 10.2. The quantitative estimate of drug-likeness (QED) is 0.388. The van der Waals surface area contributed by atoms with Crippen molar-refractivity contribution in [2.45, 2.75) is 33.7 Å². The minimum absolute atomic E-state index is 0.0941. The Balaban J connectivity index is 1.90. The fourth-order valence-electron chi connectivity index (χ4n) is 3.85. The average Bonchev–Trinajstić information content (AvgIpc) is 3.09. The lowest BCUT2D eigenvalue weighted by Crippen LogP contribution is -2.22. The minimum atomic E-state index is -1.19. The number of halogens is 1. The number of aromatic carboxylic acids is 1. The second-order valence-corrected chi connectivity index (χ2v) is 9.49. The molecule has 10 heteroatoms. The van der Waals surface area contributed by atoms with E-state index in [4.69, 9.17) is 16.6 Å². The van der Waals surface area contributed by atoms with Crippen molar-refractivity contribution in [1.82, 2.24) is 19.5 Å². The predicted molar refractivity (Wildman–Crippen MR) is 131 cm³/mol. The standard InChI is InChI=1S/C23H22ClN5O3S/c1-10-8-14(11(2)26-16-6-7-17(24)27-19(16)23(31)32)18-15(9-10)22(30)29(5)21(28-18)20-12(3)25-13(4)33-20/h6-9,11,26H,1-5H3,(H,31,32). The summed E-state index contributed by atoms with van der Waals surface area (Å²) < 4.78 is 1.55. The molecule has 33 heavy (non-hydrogen) atoms. The molecule has 0 aliphatic rings. The van der Waals surface area contributed by atoms with Crippen molar-refractivity contribution in [2.75, 3.05) is 5.32 Å². The number of benzene rings is 1. The summed E-state index contributed by atoms with van der Waals surface area (Å²) in [6.07, 6.45) is 0. The van der Waals surface area contributed by atoms with Crippen LogP contribution in [0.1, 0.15) is 45.3 Å². The number of carboxylic acid groups (broad SMARTS) is 1. The summed E-state index contributed by atoms with van der Waals surface area (Å²) in [7, 11) is 1.71. The van der Waals surface area contributed by atoms with Crippen LogP contribution < -0.4 is 10.9 Å². The van der Waals surface area contributed by atoms with E-state index in [1.165, 1.54) is 17.4 Å². The maximum atomic E-state index is 13.3. The number of fused-ring (bicyclic) bond motifs is 1. The second kappa shape index (κ2) is 8.57. The van der Waals surface area contributed by atoms with Gasteiger partial charge in [-0.05, 0) is 51.5 Å². The summed E-state index contributed by atoms with van der Waals surface area (Å²) in [5.41, 5.74) is 3.04. The van der Waals surface area contributed by atoms with E-state index >= 15 is 0 Å². The number of nitrogens with zero attached hydrogens (tertiary/aromatic N) is 4. The fourth-order valence-corrected chi connectivity index (χ4v) is 4.94. The summed E-state index contributed by atoms with van der Waals surface area (Å²) in [5, 5.41) is 14.2. The second-order valence-electron chi connectivity index (χ2n) is 7.90. The zero-order chi connectivity index (χ0) is 24.0. The molecule has 1 aromatic carbocycles. The molecular weight excluding hydrogens is 462 g/mol. The van der Waals surface area contributed by atoms with Crippen LogP contribution in [0.15, 0.2) is 29.1 Å². The highest BCUT2D eigenvalue weighted by atomic mass is 35.5. The van der Waals surface area contributed by atoms with Crippen molar-refractivity contribution in [3.05, 3.63) is 67.3 Å². The monoisotopic (exact) mass is 483 g/mol. The van der Waals surface area contributed by atoms with E-state index in [1.54, 1.807) is 17.7 Å². The summed E-state index contributed by atoms with van der Waals surface area (Å²) >= 11 is 7.37. The Bertz CT molecular complexity index is 1480. The Morgan fingerprint density at radius 2 is 1.91 bits per heavy atom. The molecule has 8 nitrogen and oxygen atoms in total. The third kappa shape index (κ3) is 4.21. The lowest BCUT2D eigenvalue weighted by molar-refractivity contribution is 0.0691. The molecule has 0 radical (unpaired) electrons. The SMILES string of the molecule is Cc1cc(C(C)Nc2ccc(Cl)nc2C(=O)O)c2nc(-c3sc(C)nc3C)n(C)c(=O)c2c1. The molecule has 0 saturated carbocycles. The molecule has 0 saturated heterocycles. The molecule has 0 aliphatic heterocycles. The Hall–Kier alpha value is -3.30. The van der Waals surface area contributed by atoms with Crippen LogP contribution in [0.5, 0.6) is 0 Å². The Kier molecular flexibility index (Phi) is 5.94. The molecule has 2 N–H and O–H groups in total. The van der Waals surface area contributed by atoms with Gasteiger partial charge in [0.1, 0.15) is 5.15 Å². The first-order chi connectivity index (χ1) is 15.6. The van der Waals surface area contributed by atoms with Crippen LogP contribution in [0.4, 0.5) is 5.69 Å². The van der Waals surface area contributed by atoms with Gasteiger partial charge in [0.2, 0.25) is 0 Å². The van der Waals surface area contributed by atoms with Crippen LogP contribution in [-0.4, -0.2) is 30.6 Å². The fraction of sp³-hybridized carbons (Fsp3) is 0.261. The topological polar surface area (TPSA) is 110 Å². The normalized spacial score (nSPS) is 12.2. The van der Waals surface area contributed by atoms with Gasteiger partial charge in [0.15, 0.2) is 11.5 Å². The maximum Gasteiger partial charge on any atom is 0.356 e. The van der Waals surface area contributed by atoms with Crippen LogP contribution in [-0.2, 0) is 7.05 Å². The maximum absolute atomic E-state index is 13.3. The number of pyridine rings is 1. The Labute approximate surface area is 198 Å². The molecule has 0 spiro atoms. The third-order valence-electron chi connectivity index (χ3n) is 5.36. The molecular formula is C23H22ClN5O3S. The Morgan fingerprint density at radius 3 is 2.55 bits per heavy atom. The highest BCUT2D eigenvalue weighted by Crippen LogP contribution is 2.32. The molecule has 0 fully saturated rings. The molecule has 3 heterocycles. The summed E-state index contributed by atoms with van der Waals surface area (Å²) in [5.74, 6) is -0.640. The predicted octanol–water partition coefficient (Wildman–Crippen LogP) is 4.90. The number of carbonyl (C=O) groups is 1. The summed E-state index contributed by atoms with van der Waals surface area (Å²) in [6.45, 7) is 7.61. The first-order valence-corrected chi connectivity index (χ1v) is 11.4. The first kappa shape index (κ1) is 22.9. The number of hydrogen-bond donors (Lipinski definition) is 2. The van der Waals surface area contributed by atoms with Gasteiger partial charge in [0, 0.05) is 12.6 Å². The molecule has 0 aliphatic carbocycles. The molecule has 3 aromatic heterocycles. The molecule has 1 unspecified atom stereocenters. The van der Waals surface area contributed by atoms with Gasteiger partial charge >= 0.3 is 5.97 Å². The molecule has 0 amide bonds. The lowest BCUT2D eigenvalue weighted by atomic mass is 10.0. The van der Waals surface area contributed by atoms with Crippen molar-refractivity contribution in [1.29, 1.82) is 0 Å². The number of anilines is 1. The van der Waals surface area contributed by atoms with Gasteiger partial charge in [0.05, 0.1) is 38.2 Å². The van der Waals surface area contributed by atoms with Gasteiger partial charge in [0.25, 0.3) is 5.56 Å². The summed E-state index contributed by atoms with van der Waals surface area (Å²) in [4.78, 5) is 39.1. The number of nitrogens with one attached hydrogen (secondary N) is 1. The smallest absolute Gasteiger partial charge is 0.356 e. The van der Waals surface area contributed by atoms with Crippen molar-refractivity contribution in [3.63, 3.8) is 0 Å². The molecule has 4 aromatic rings. The zero-order valence-corrected chi connectivity index (χ0v) is 20.3. The van der Waals surface area contributed by atoms with Crippen LogP contribution in [0.3, 0.4) is 0 Å². The van der Waals surface area contributed by atoms with Gasteiger partial charge in [-0.3, -0.25) is 9.36 Å². The van der Waals surface area contributed by atoms with Gasteiger partial charge in [-0.1, -0.05) is 17.7 Å². The number of thiazole rings is 1. The van der Waals surface area contributed by atoms with Crippen LogP contribution in [0.25, 0.3) is 21.6 Å². The average molecular weight is 484 g/mol. The number of hydrogen-bond acceptors (Lipinski definition) is 7.